The number of benzene rings is 2. The molecular formula is C26H28N4O3. The Morgan fingerprint density at radius 1 is 1.06 bits per heavy atom. The fourth-order valence-corrected chi connectivity index (χ4v) is 3.99. The van der Waals surface area contributed by atoms with Crippen molar-refractivity contribution in [1.29, 1.82) is 0 Å². The number of likely N-dealkylation sites (tertiary alicyclic amines) is 1. The van der Waals surface area contributed by atoms with Crippen molar-refractivity contribution in [2.45, 2.75) is 38.8 Å². The third kappa shape index (κ3) is 5.74. The van der Waals surface area contributed by atoms with Gasteiger partial charge in [0.05, 0.1) is 17.3 Å². The molecule has 2 aromatic carbocycles. The molecule has 3 aromatic rings. The highest BCUT2D eigenvalue weighted by molar-refractivity contribution is 5.94. The van der Waals surface area contributed by atoms with Crippen molar-refractivity contribution < 1.29 is 14.3 Å². The van der Waals surface area contributed by atoms with Crippen molar-refractivity contribution >= 4 is 11.8 Å². The van der Waals surface area contributed by atoms with Crippen molar-refractivity contribution in [2.24, 2.45) is 0 Å². The van der Waals surface area contributed by atoms with Crippen molar-refractivity contribution in [3.8, 4) is 5.75 Å². The number of hydrogen-bond acceptors (Lipinski definition) is 5. The van der Waals surface area contributed by atoms with E-state index >= 15 is 0 Å². The molecule has 7 heteroatoms. The van der Waals surface area contributed by atoms with Crippen molar-refractivity contribution in [2.75, 3.05) is 13.2 Å². The molecule has 2 amide bonds. The summed E-state index contributed by atoms with van der Waals surface area (Å²) in [5.74, 6) is 0.933. The highest BCUT2D eigenvalue weighted by Gasteiger charge is 2.30. The molecule has 0 spiro atoms. The molecule has 7 nitrogen and oxygen atoms in total. The van der Waals surface area contributed by atoms with Gasteiger partial charge in [-0.2, -0.15) is 0 Å². The standard InChI is InChI=1S/C26H28N4O3/c1-19-22(26(32)28-16-20-10-4-2-5-11-20)17-27-25(29-19)23-14-8-9-15-30(23)24(31)18-33-21-12-6-3-7-13-21/h2-7,10-13,17,23H,8-9,14-16,18H2,1H3,(H,28,32). The Morgan fingerprint density at radius 2 is 1.79 bits per heavy atom. The van der Waals surface area contributed by atoms with Crippen LogP contribution in [0.5, 0.6) is 5.75 Å². The van der Waals surface area contributed by atoms with Gasteiger partial charge in [-0.1, -0.05) is 48.5 Å². The van der Waals surface area contributed by atoms with E-state index < -0.39 is 0 Å². The summed E-state index contributed by atoms with van der Waals surface area (Å²) in [6.45, 7) is 2.85. The number of ether oxygens (including phenoxy) is 1. The number of piperidine rings is 1. The van der Waals surface area contributed by atoms with Gasteiger partial charge < -0.3 is 15.0 Å². The zero-order valence-corrected chi connectivity index (χ0v) is 18.7. The summed E-state index contributed by atoms with van der Waals surface area (Å²) in [5.41, 5.74) is 2.06. The molecule has 4 rings (SSSR count). The van der Waals surface area contributed by atoms with Crippen molar-refractivity contribution in [3.05, 3.63) is 89.5 Å². The Hall–Kier alpha value is -3.74. The van der Waals surface area contributed by atoms with Crippen LogP contribution in [0, 0.1) is 6.92 Å². The number of aromatic nitrogens is 2. The summed E-state index contributed by atoms with van der Waals surface area (Å²) < 4.78 is 5.66. The summed E-state index contributed by atoms with van der Waals surface area (Å²) in [6.07, 6.45) is 4.29. The minimum Gasteiger partial charge on any atom is -0.484 e. The normalized spacial score (nSPS) is 15.7. The molecule has 1 fully saturated rings. The smallest absolute Gasteiger partial charge is 0.261 e. The molecule has 170 valence electrons. The number of nitrogens with zero attached hydrogens (tertiary/aromatic N) is 3. The van der Waals surface area contributed by atoms with E-state index in [-0.39, 0.29) is 24.5 Å². The fourth-order valence-electron chi connectivity index (χ4n) is 3.99. The van der Waals surface area contributed by atoms with Crippen LogP contribution in [0.1, 0.15) is 52.7 Å². The molecular weight excluding hydrogens is 416 g/mol. The molecule has 0 aliphatic carbocycles. The summed E-state index contributed by atoms with van der Waals surface area (Å²) in [7, 11) is 0. The van der Waals surface area contributed by atoms with Crippen molar-refractivity contribution in [3.63, 3.8) is 0 Å². The van der Waals surface area contributed by atoms with E-state index in [0.29, 0.717) is 35.9 Å². The van der Waals surface area contributed by atoms with Gasteiger partial charge in [-0.3, -0.25) is 9.59 Å². The molecule has 1 saturated heterocycles. The number of rotatable bonds is 7. The van der Waals surface area contributed by atoms with E-state index in [0.717, 1.165) is 24.8 Å². The molecule has 0 saturated carbocycles. The van der Waals surface area contributed by atoms with E-state index in [1.807, 2.05) is 60.7 Å². The molecule has 1 aliphatic rings. The van der Waals surface area contributed by atoms with Gasteiger partial charge >= 0.3 is 0 Å². The Kier molecular flexibility index (Phi) is 7.29. The number of amides is 2. The lowest BCUT2D eigenvalue weighted by atomic mass is 10.0. The Balaban J connectivity index is 1.42. The Bertz CT molecular complexity index is 1090. The monoisotopic (exact) mass is 444 g/mol. The maximum Gasteiger partial charge on any atom is 0.261 e. The van der Waals surface area contributed by atoms with Gasteiger partial charge in [0.25, 0.3) is 11.8 Å². The molecule has 0 radical (unpaired) electrons. The zero-order valence-electron chi connectivity index (χ0n) is 18.7. The second-order valence-corrected chi connectivity index (χ2v) is 8.10. The average Bonchev–Trinajstić information content (AvgIpc) is 2.87. The summed E-state index contributed by atoms with van der Waals surface area (Å²) in [4.78, 5) is 36.5. The number of nitrogens with one attached hydrogen (secondary N) is 1. The molecule has 1 atom stereocenters. The van der Waals surface area contributed by atoms with E-state index in [1.54, 1.807) is 18.0 Å². The second-order valence-electron chi connectivity index (χ2n) is 8.10. The molecule has 1 unspecified atom stereocenters. The van der Waals surface area contributed by atoms with Crippen LogP contribution >= 0.6 is 0 Å². The first-order valence-corrected chi connectivity index (χ1v) is 11.2. The third-order valence-corrected chi connectivity index (χ3v) is 5.77. The quantitative estimate of drug-likeness (QED) is 0.598. The molecule has 0 bridgehead atoms. The number of para-hydroxylation sites is 1. The predicted molar refractivity (Wildman–Crippen MR) is 125 cm³/mol. The SMILES string of the molecule is Cc1nc(C2CCCCN2C(=O)COc2ccccc2)ncc1C(=O)NCc1ccccc1. The first-order valence-electron chi connectivity index (χ1n) is 11.2. The van der Waals surface area contributed by atoms with Crippen LogP contribution in [0.2, 0.25) is 0 Å². The molecule has 2 heterocycles. The van der Waals surface area contributed by atoms with Gasteiger partial charge in [0.2, 0.25) is 0 Å². The third-order valence-electron chi connectivity index (χ3n) is 5.77. The summed E-state index contributed by atoms with van der Waals surface area (Å²) in [6, 6.07) is 18.8. The highest BCUT2D eigenvalue weighted by Crippen LogP contribution is 2.29. The van der Waals surface area contributed by atoms with Crippen LogP contribution < -0.4 is 10.1 Å². The lowest BCUT2D eigenvalue weighted by Gasteiger charge is -2.34. The van der Waals surface area contributed by atoms with Crippen LogP contribution in [0.4, 0.5) is 0 Å². The second kappa shape index (κ2) is 10.7. The maximum absolute atomic E-state index is 12.9. The van der Waals surface area contributed by atoms with Crippen molar-refractivity contribution in [1.82, 2.24) is 20.2 Å². The topological polar surface area (TPSA) is 84.4 Å². The summed E-state index contributed by atoms with van der Waals surface area (Å²) in [5, 5.41) is 2.91. The van der Waals surface area contributed by atoms with E-state index in [2.05, 4.69) is 15.3 Å². The molecule has 1 aromatic heterocycles. The number of aryl methyl sites for hydroxylation is 1. The van der Waals surface area contributed by atoms with E-state index in [9.17, 15) is 9.59 Å². The van der Waals surface area contributed by atoms with Crippen LogP contribution in [0.25, 0.3) is 0 Å². The van der Waals surface area contributed by atoms with Crippen LogP contribution in [0.3, 0.4) is 0 Å². The van der Waals surface area contributed by atoms with Gasteiger partial charge in [-0.05, 0) is 43.9 Å². The van der Waals surface area contributed by atoms with Crippen LogP contribution in [-0.4, -0.2) is 39.8 Å². The maximum atomic E-state index is 12.9. The largest absolute Gasteiger partial charge is 0.484 e. The number of carbonyl (C=O) groups excluding carboxylic acids is 2. The first kappa shape index (κ1) is 22.5. The lowest BCUT2D eigenvalue weighted by molar-refractivity contribution is -0.137. The predicted octanol–water partition coefficient (Wildman–Crippen LogP) is 3.85. The van der Waals surface area contributed by atoms with Gasteiger partial charge in [-0.15, -0.1) is 0 Å². The van der Waals surface area contributed by atoms with Gasteiger partial charge in [0, 0.05) is 19.3 Å². The van der Waals surface area contributed by atoms with Gasteiger partial charge in [-0.25, -0.2) is 9.97 Å². The number of hydrogen-bond donors (Lipinski definition) is 1. The Morgan fingerprint density at radius 3 is 2.52 bits per heavy atom. The first-order chi connectivity index (χ1) is 16.1. The molecule has 1 N–H and O–H groups in total. The fraction of sp³-hybridized carbons (Fsp3) is 0.308. The number of carbonyl (C=O) groups is 2. The lowest BCUT2D eigenvalue weighted by Crippen LogP contribution is -2.42. The molecule has 33 heavy (non-hydrogen) atoms. The summed E-state index contributed by atoms with van der Waals surface area (Å²) >= 11 is 0. The minimum absolute atomic E-state index is 0.0283. The zero-order chi connectivity index (χ0) is 23.0. The van der Waals surface area contributed by atoms with Gasteiger partial charge in [0.15, 0.2) is 12.4 Å². The van der Waals surface area contributed by atoms with Crippen LogP contribution in [0.15, 0.2) is 66.9 Å². The van der Waals surface area contributed by atoms with E-state index in [1.165, 1.54) is 0 Å². The van der Waals surface area contributed by atoms with Gasteiger partial charge in [0.1, 0.15) is 5.75 Å². The minimum atomic E-state index is -0.217. The Labute approximate surface area is 193 Å². The van der Waals surface area contributed by atoms with E-state index in [4.69, 9.17) is 4.74 Å². The molecule has 1 aliphatic heterocycles. The van der Waals surface area contributed by atoms with Crippen LogP contribution in [-0.2, 0) is 11.3 Å². The highest BCUT2D eigenvalue weighted by atomic mass is 16.5. The average molecular weight is 445 g/mol.